The van der Waals surface area contributed by atoms with Gasteiger partial charge in [-0.2, -0.15) is 5.10 Å². The van der Waals surface area contributed by atoms with Crippen molar-refractivity contribution >= 4 is 28.6 Å². The fourth-order valence-electron chi connectivity index (χ4n) is 2.31. The molecule has 2 aromatic carbocycles. The smallest absolute Gasteiger partial charge is 0.262 e. The molecule has 3 rings (SSSR count). The minimum atomic E-state index is -0.402. The molecule has 0 fully saturated rings. The van der Waals surface area contributed by atoms with Crippen molar-refractivity contribution in [3.63, 3.8) is 0 Å². The molecular formula is C19H18N4O. The normalized spacial score (nSPS) is 12.2. The Balaban J connectivity index is 1.59. The van der Waals surface area contributed by atoms with E-state index in [9.17, 15) is 4.79 Å². The molecule has 5 nitrogen and oxygen atoms in total. The molecule has 1 atom stereocenters. The molecule has 24 heavy (non-hydrogen) atoms. The number of hydrogen-bond donors (Lipinski definition) is 2. The molecule has 0 aliphatic rings. The summed E-state index contributed by atoms with van der Waals surface area (Å²) < 4.78 is 0. The minimum absolute atomic E-state index is 0.200. The molecule has 2 N–H and O–H groups in total. The second-order valence-corrected chi connectivity index (χ2v) is 5.44. The number of benzene rings is 2. The van der Waals surface area contributed by atoms with E-state index in [1.165, 1.54) is 5.39 Å². The van der Waals surface area contributed by atoms with Crippen LogP contribution < -0.4 is 10.7 Å². The number of pyridine rings is 1. The molecule has 0 aliphatic carbocycles. The van der Waals surface area contributed by atoms with Crippen molar-refractivity contribution in [2.75, 3.05) is 5.32 Å². The van der Waals surface area contributed by atoms with Crippen molar-refractivity contribution in [2.45, 2.75) is 13.0 Å². The molecule has 1 heterocycles. The van der Waals surface area contributed by atoms with Crippen LogP contribution >= 0.6 is 0 Å². The van der Waals surface area contributed by atoms with Gasteiger partial charge in [-0.05, 0) is 47.5 Å². The number of carbonyl (C=O) groups is 1. The van der Waals surface area contributed by atoms with E-state index in [4.69, 9.17) is 0 Å². The Bertz CT molecular complexity index is 861. The average molecular weight is 318 g/mol. The van der Waals surface area contributed by atoms with Crippen molar-refractivity contribution in [2.24, 2.45) is 5.10 Å². The summed E-state index contributed by atoms with van der Waals surface area (Å²) in [5, 5.41) is 9.45. The van der Waals surface area contributed by atoms with Crippen molar-refractivity contribution in [1.29, 1.82) is 0 Å². The summed E-state index contributed by atoms with van der Waals surface area (Å²) in [4.78, 5) is 16.0. The van der Waals surface area contributed by atoms with Crippen LogP contribution in [0.25, 0.3) is 10.8 Å². The topological polar surface area (TPSA) is 66.4 Å². The molecule has 3 aromatic rings. The van der Waals surface area contributed by atoms with Gasteiger partial charge in [-0.15, -0.1) is 0 Å². The maximum absolute atomic E-state index is 12.1. The van der Waals surface area contributed by atoms with Gasteiger partial charge in [0, 0.05) is 18.1 Å². The first kappa shape index (κ1) is 15.7. The molecule has 0 radical (unpaired) electrons. The zero-order valence-corrected chi connectivity index (χ0v) is 13.3. The lowest BCUT2D eigenvalue weighted by atomic mass is 10.1. The van der Waals surface area contributed by atoms with Crippen LogP contribution in [0.15, 0.2) is 72.1 Å². The Morgan fingerprint density at radius 2 is 1.83 bits per heavy atom. The third-order valence-corrected chi connectivity index (χ3v) is 3.62. The first-order valence-corrected chi connectivity index (χ1v) is 7.71. The Morgan fingerprint density at radius 3 is 2.62 bits per heavy atom. The number of carbonyl (C=O) groups excluding carboxylic acids is 1. The number of hydrazone groups is 1. The summed E-state index contributed by atoms with van der Waals surface area (Å²) in [6, 6.07) is 17.4. The molecule has 120 valence electrons. The monoisotopic (exact) mass is 318 g/mol. The standard InChI is InChI=1S/C19H18N4O/c1-14(19(24)23-21-13-15-8-10-20-11-9-15)22-18-7-6-16-4-2-3-5-17(16)12-18/h2-14,22H,1H3,(H,23,24). The van der Waals surface area contributed by atoms with Gasteiger partial charge in [0.15, 0.2) is 0 Å². The van der Waals surface area contributed by atoms with Crippen LogP contribution in [0.4, 0.5) is 5.69 Å². The van der Waals surface area contributed by atoms with E-state index in [1.807, 2.05) is 48.5 Å². The number of hydrogen-bond acceptors (Lipinski definition) is 4. The third kappa shape index (κ3) is 3.95. The highest BCUT2D eigenvalue weighted by Gasteiger charge is 2.11. The summed E-state index contributed by atoms with van der Waals surface area (Å²) in [5.74, 6) is -0.200. The van der Waals surface area contributed by atoms with E-state index in [0.717, 1.165) is 16.6 Å². The van der Waals surface area contributed by atoms with Gasteiger partial charge in [0.25, 0.3) is 5.91 Å². The van der Waals surface area contributed by atoms with Crippen LogP contribution in [0.3, 0.4) is 0 Å². The van der Waals surface area contributed by atoms with Crippen LogP contribution in [0.5, 0.6) is 0 Å². The van der Waals surface area contributed by atoms with Crippen molar-refractivity contribution < 1.29 is 4.79 Å². The number of rotatable bonds is 5. The number of fused-ring (bicyclic) bond motifs is 1. The van der Waals surface area contributed by atoms with E-state index in [0.29, 0.717) is 0 Å². The highest BCUT2D eigenvalue weighted by atomic mass is 16.2. The van der Waals surface area contributed by atoms with Gasteiger partial charge in [0.2, 0.25) is 0 Å². The number of aromatic nitrogens is 1. The zero-order chi connectivity index (χ0) is 16.8. The van der Waals surface area contributed by atoms with Crippen molar-refractivity contribution in [1.82, 2.24) is 10.4 Å². The molecule has 0 aliphatic heterocycles. The van der Waals surface area contributed by atoms with Gasteiger partial charge in [-0.1, -0.05) is 30.3 Å². The second kappa shape index (κ2) is 7.37. The first-order valence-electron chi connectivity index (χ1n) is 7.71. The lowest BCUT2D eigenvalue weighted by molar-refractivity contribution is -0.121. The molecular weight excluding hydrogens is 300 g/mol. The van der Waals surface area contributed by atoms with Gasteiger partial charge in [0.1, 0.15) is 6.04 Å². The summed E-state index contributed by atoms with van der Waals surface area (Å²) >= 11 is 0. The highest BCUT2D eigenvalue weighted by molar-refractivity contribution is 5.89. The van der Waals surface area contributed by atoms with E-state index in [-0.39, 0.29) is 5.91 Å². The maximum atomic E-state index is 12.1. The second-order valence-electron chi connectivity index (χ2n) is 5.44. The van der Waals surface area contributed by atoms with Crippen LogP contribution in [-0.4, -0.2) is 23.1 Å². The fraction of sp³-hybridized carbons (Fsp3) is 0.105. The summed E-state index contributed by atoms with van der Waals surface area (Å²) in [6.07, 6.45) is 4.93. The molecule has 0 saturated heterocycles. The summed E-state index contributed by atoms with van der Waals surface area (Å²) in [7, 11) is 0. The highest BCUT2D eigenvalue weighted by Crippen LogP contribution is 2.19. The molecule has 0 saturated carbocycles. The SMILES string of the molecule is CC(Nc1ccc2ccccc2c1)C(=O)NN=Cc1ccncc1. The quantitative estimate of drug-likeness (QED) is 0.561. The maximum Gasteiger partial charge on any atom is 0.262 e. The van der Waals surface area contributed by atoms with Gasteiger partial charge in [-0.25, -0.2) is 5.43 Å². The Kier molecular flexibility index (Phi) is 4.81. The molecule has 1 amide bonds. The number of anilines is 1. The van der Waals surface area contributed by atoms with E-state index < -0.39 is 6.04 Å². The largest absolute Gasteiger partial charge is 0.374 e. The summed E-state index contributed by atoms with van der Waals surface area (Å²) in [6.45, 7) is 1.80. The summed E-state index contributed by atoms with van der Waals surface area (Å²) in [5.41, 5.74) is 4.31. The van der Waals surface area contributed by atoms with Gasteiger partial charge in [0.05, 0.1) is 6.21 Å². The predicted octanol–water partition coefficient (Wildman–Crippen LogP) is 3.19. The molecule has 5 heteroatoms. The number of amides is 1. The zero-order valence-electron chi connectivity index (χ0n) is 13.3. The van der Waals surface area contributed by atoms with E-state index >= 15 is 0 Å². The molecule has 0 spiro atoms. The lowest BCUT2D eigenvalue weighted by Crippen LogP contribution is -2.34. The Hall–Kier alpha value is -3.21. The van der Waals surface area contributed by atoms with Crippen LogP contribution in [0.2, 0.25) is 0 Å². The van der Waals surface area contributed by atoms with Crippen molar-refractivity contribution in [3.05, 3.63) is 72.6 Å². The van der Waals surface area contributed by atoms with Gasteiger partial charge in [-0.3, -0.25) is 9.78 Å². The van der Waals surface area contributed by atoms with Crippen molar-refractivity contribution in [3.8, 4) is 0 Å². The predicted molar refractivity (Wildman–Crippen MR) is 97.0 cm³/mol. The first-order chi connectivity index (χ1) is 11.7. The number of nitrogens with zero attached hydrogens (tertiary/aromatic N) is 2. The van der Waals surface area contributed by atoms with Crippen LogP contribution in [0.1, 0.15) is 12.5 Å². The third-order valence-electron chi connectivity index (χ3n) is 3.62. The van der Waals surface area contributed by atoms with Gasteiger partial charge >= 0.3 is 0 Å². The average Bonchev–Trinajstić information content (AvgIpc) is 2.62. The van der Waals surface area contributed by atoms with E-state index in [2.05, 4.69) is 26.9 Å². The lowest BCUT2D eigenvalue weighted by Gasteiger charge is -2.14. The van der Waals surface area contributed by atoms with Gasteiger partial charge < -0.3 is 5.32 Å². The Morgan fingerprint density at radius 1 is 1.08 bits per heavy atom. The van der Waals surface area contributed by atoms with Crippen LogP contribution in [-0.2, 0) is 4.79 Å². The molecule has 0 bridgehead atoms. The minimum Gasteiger partial charge on any atom is -0.374 e. The Labute approximate surface area is 140 Å². The molecule has 1 unspecified atom stereocenters. The molecule has 1 aromatic heterocycles. The van der Waals surface area contributed by atoms with Crippen LogP contribution in [0, 0.1) is 0 Å². The van der Waals surface area contributed by atoms with E-state index in [1.54, 1.807) is 25.5 Å². The number of nitrogens with one attached hydrogen (secondary N) is 2. The fourth-order valence-corrected chi connectivity index (χ4v) is 2.31.